The molecule has 0 atom stereocenters. The summed E-state index contributed by atoms with van der Waals surface area (Å²) in [5.41, 5.74) is 0.389. The molecule has 13 heteroatoms. The SMILES string of the molecule is Cc1cc(Nc2nccc(C(F)(F)F)n2)cc(-c2cnc([C@]3(O)CC[C@@H](NC(=O)c4c[nH]cn4)CC3)s2)c1. The summed E-state index contributed by atoms with van der Waals surface area (Å²) in [5.74, 6) is -0.413. The van der Waals surface area contributed by atoms with E-state index in [1.165, 1.54) is 23.9 Å². The van der Waals surface area contributed by atoms with E-state index in [4.69, 9.17) is 0 Å². The molecule has 1 amide bonds. The molecule has 0 unspecified atom stereocenters. The van der Waals surface area contributed by atoms with Crippen LogP contribution in [-0.4, -0.2) is 42.0 Å². The van der Waals surface area contributed by atoms with Crippen LogP contribution in [0.2, 0.25) is 0 Å². The lowest BCUT2D eigenvalue weighted by molar-refractivity contribution is -0.141. The molecule has 38 heavy (non-hydrogen) atoms. The Morgan fingerprint density at radius 3 is 2.68 bits per heavy atom. The van der Waals surface area contributed by atoms with Crippen LogP contribution in [0.4, 0.5) is 24.8 Å². The van der Waals surface area contributed by atoms with Gasteiger partial charge in [0, 0.05) is 30.3 Å². The molecule has 1 aromatic carbocycles. The molecule has 4 N–H and O–H groups in total. The highest BCUT2D eigenvalue weighted by Gasteiger charge is 2.38. The number of carbonyl (C=O) groups excluding carboxylic acids is 1. The maximum atomic E-state index is 13.0. The molecule has 1 aliphatic rings. The number of nitrogens with one attached hydrogen (secondary N) is 3. The van der Waals surface area contributed by atoms with Gasteiger partial charge < -0.3 is 20.7 Å². The van der Waals surface area contributed by atoms with Gasteiger partial charge in [-0.2, -0.15) is 13.2 Å². The second-order valence-corrected chi connectivity index (χ2v) is 10.3. The van der Waals surface area contributed by atoms with Crippen LogP contribution in [0.25, 0.3) is 10.4 Å². The van der Waals surface area contributed by atoms with E-state index in [1.54, 1.807) is 18.3 Å². The van der Waals surface area contributed by atoms with E-state index in [0.717, 1.165) is 28.3 Å². The van der Waals surface area contributed by atoms with Gasteiger partial charge in [0.25, 0.3) is 5.91 Å². The maximum Gasteiger partial charge on any atom is 0.433 e. The topological polar surface area (TPSA) is 129 Å². The van der Waals surface area contributed by atoms with Crippen LogP contribution in [0, 0.1) is 6.92 Å². The lowest BCUT2D eigenvalue weighted by atomic mass is 9.82. The number of amides is 1. The fourth-order valence-electron chi connectivity index (χ4n) is 4.42. The number of hydrogen-bond donors (Lipinski definition) is 4. The number of imidazole rings is 1. The van der Waals surface area contributed by atoms with Crippen LogP contribution < -0.4 is 10.6 Å². The second-order valence-electron chi connectivity index (χ2n) is 9.24. The van der Waals surface area contributed by atoms with Gasteiger partial charge in [-0.15, -0.1) is 11.3 Å². The van der Waals surface area contributed by atoms with Crippen LogP contribution in [0.1, 0.15) is 52.4 Å². The van der Waals surface area contributed by atoms with Crippen LogP contribution in [-0.2, 0) is 11.8 Å². The summed E-state index contributed by atoms with van der Waals surface area (Å²) >= 11 is 1.36. The Kier molecular flexibility index (Phi) is 6.88. The number of aromatic amines is 1. The van der Waals surface area contributed by atoms with Crippen molar-refractivity contribution in [2.75, 3.05) is 5.32 Å². The number of aromatic nitrogens is 5. The fourth-order valence-corrected chi connectivity index (χ4v) is 5.47. The predicted octanol–water partition coefficient (Wildman–Crippen LogP) is 4.95. The van der Waals surface area contributed by atoms with Crippen molar-refractivity contribution in [2.45, 2.75) is 50.4 Å². The van der Waals surface area contributed by atoms with Crippen molar-refractivity contribution in [1.82, 2.24) is 30.2 Å². The molecule has 0 bridgehead atoms. The largest absolute Gasteiger partial charge is 0.433 e. The molecular weight excluding hydrogens is 519 g/mol. The van der Waals surface area contributed by atoms with E-state index in [1.807, 2.05) is 13.0 Å². The molecule has 0 saturated heterocycles. The first kappa shape index (κ1) is 25.8. The standard InChI is InChI=1S/C25H24F3N7O2S/c1-14-8-15(10-17(9-14)34-23-30-7-4-20(35-23)25(26,27)28)19-12-31-22(38-19)24(37)5-2-16(3-6-24)33-21(36)18-11-29-13-32-18/h4,7-13,16,37H,2-3,5-6H2,1H3,(H,29,32)(H,33,36)(H,30,34,35)/t16-,24+. The number of aliphatic hydroxyl groups is 1. The minimum absolute atomic E-state index is 0.0672. The van der Waals surface area contributed by atoms with Gasteiger partial charge in [-0.1, -0.05) is 6.07 Å². The molecule has 3 aromatic heterocycles. The number of thiazole rings is 1. The minimum Gasteiger partial charge on any atom is -0.383 e. The van der Waals surface area contributed by atoms with E-state index in [-0.39, 0.29) is 17.9 Å². The summed E-state index contributed by atoms with van der Waals surface area (Å²) in [6.45, 7) is 1.87. The first-order valence-electron chi connectivity index (χ1n) is 11.9. The first-order chi connectivity index (χ1) is 18.1. The van der Waals surface area contributed by atoms with E-state index in [0.29, 0.717) is 42.1 Å². The zero-order chi connectivity index (χ0) is 26.9. The normalized spacial score (nSPS) is 19.8. The van der Waals surface area contributed by atoms with E-state index < -0.39 is 17.5 Å². The Morgan fingerprint density at radius 2 is 1.97 bits per heavy atom. The molecule has 9 nitrogen and oxygen atoms in total. The maximum absolute atomic E-state index is 13.0. The molecule has 1 fully saturated rings. The summed E-state index contributed by atoms with van der Waals surface area (Å²) in [4.78, 5) is 31.7. The summed E-state index contributed by atoms with van der Waals surface area (Å²) in [6, 6.07) is 6.24. The van der Waals surface area contributed by atoms with Crippen molar-refractivity contribution in [3.05, 3.63) is 71.1 Å². The molecule has 3 heterocycles. The molecule has 198 valence electrons. The highest BCUT2D eigenvalue weighted by molar-refractivity contribution is 7.15. The van der Waals surface area contributed by atoms with Crippen molar-refractivity contribution >= 4 is 28.9 Å². The predicted molar refractivity (Wildman–Crippen MR) is 135 cm³/mol. The van der Waals surface area contributed by atoms with Gasteiger partial charge in [0.1, 0.15) is 22.0 Å². The Balaban J connectivity index is 1.28. The lowest BCUT2D eigenvalue weighted by Gasteiger charge is -2.34. The Bertz CT molecular complexity index is 1430. The van der Waals surface area contributed by atoms with Crippen LogP contribution in [0.15, 0.2) is 49.2 Å². The molecule has 1 saturated carbocycles. The van der Waals surface area contributed by atoms with Gasteiger partial charge in [-0.25, -0.2) is 19.9 Å². The zero-order valence-electron chi connectivity index (χ0n) is 20.2. The number of hydrogen-bond acceptors (Lipinski definition) is 8. The van der Waals surface area contributed by atoms with Gasteiger partial charge in [0.05, 0.1) is 11.2 Å². The van der Waals surface area contributed by atoms with Crippen molar-refractivity contribution in [2.24, 2.45) is 0 Å². The van der Waals surface area contributed by atoms with Gasteiger partial charge in [-0.3, -0.25) is 4.79 Å². The Hall–Kier alpha value is -3.84. The Labute approximate surface area is 219 Å². The number of H-pyrrole nitrogens is 1. The number of carbonyl (C=O) groups is 1. The summed E-state index contributed by atoms with van der Waals surface area (Å²) in [6.07, 6.45) is 3.23. The van der Waals surface area contributed by atoms with Crippen LogP contribution in [0.3, 0.4) is 0 Å². The quantitative estimate of drug-likeness (QED) is 0.271. The monoisotopic (exact) mass is 543 g/mol. The third-order valence-corrected chi connectivity index (χ3v) is 7.59. The summed E-state index contributed by atoms with van der Waals surface area (Å²) in [5, 5.41) is 17.7. The molecule has 0 radical (unpaired) electrons. The number of halogens is 3. The number of nitrogens with zero attached hydrogens (tertiary/aromatic N) is 4. The molecule has 4 aromatic rings. The fraction of sp³-hybridized carbons (Fsp3) is 0.320. The van der Waals surface area contributed by atoms with Gasteiger partial charge >= 0.3 is 6.18 Å². The van der Waals surface area contributed by atoms with Crippen molar-refractivity contribution in [3.8, 4) is 10.4 Å². The molecule has 0 aliphatic heterocycles. The average molecular weight is 544 g/mol. The van der Waals surface area contributed by atoms with E-state index in [9.17, 15) is 23.1 Å². The van der Waals surface area contributed by atoms with E-state index in [2.05, 4.69) is 35.6 Å². The summed E-state index contributed by atoms with van der Waals surface area (Å²) in [7, 11) is 0. The molecule has 1 aliphatic carbocycles. The molecular formula is C25H24F3N7O2S. The molecule has 0 spiro atoms. The Morgan fingerprint density at radius 1 is 1.18 bits per heavy atom. The lowest BCUT2D eigenvalue weighted by Crippen LogP contribution is -2.42. The van der Waals surface area contributed by atoms with Crippen molar-refractivity contribution in [3.63, 3.8) is 0 Å². The number of anilines is 2. The average Bonchev–Trinajstić information content (AvgIpc) is 3.58. The third-order valence-electron chi connectivity index (χ3n) is 6.35. The number of alkyl halides is 3. The van der Waals surface area contributed by atoms with Crippen molar-refractivity contribution in [1.29, 1.82) is 0 Å². The highest BCUT2D eigenvalue weighted by atomic mass is 32.1. The van der Waals surface area contributed by atoms with Gasteiger partial charge in [0.2, 0.25) is 5.95 Å². The number of aryl methyl sites for hydroxylation is 1. The highest BCUT2D eigenvalue weighted by Crippen LogP contribution is 2.41. The van der Waals surface area contributed by atoms with Crippen LogP contribution in [0.5, 0.6) is 0 Å². The second kappa shape index (κ2) is 10.1. The van der Waals surface area contributed by atoms with Crippen molar-refractivity contribution < 1.29 is 23.1 Å². The minimum atomic E-state index is -4.57. The first-order valence-corrected chi connectivity index (χ1v) is 12.7. The number of benzene rings is 1. The molecule has 5 rings (SSSR count). The van der Waals surface area contributed by atoms with Gasteiger partial charge in [0.15, 0.2) is 0 Å². The number of rotatable bonds is 6. The van der Waals surface area contributed by atoms with E-state index >= 15 is 0 Å². The smallest absolute Gasteiger partial charge is 0.383 e. The summed E-state index contributed by atoms with van der Waals surface area (Å²) < 4.78 is 39.0. The zero-order valence-corrected chi connectivity index (χ0v) is 21.0. The van der Waals surface area contributed by atoms with Gasteiger partial charge in [-0.05, 0) is 61.9 Å². The van der Waals surface area contributed by atoms with Crippen LogP contribution >= 0.6 is 11.3 Å². The third kappa shape index (κ3) is 5.68.